The van der Waals surface area contributed by atoms with Gasteiger partial charge in [0.2, 0.25) is 0 Å². The molecule has 1 fully saturated rings. The van der Waals surface area contributed by atoms with Gasteiger partial charge in [0.25, 0.3) is 0 Å². The van der Waals surface area contributed by atoms with Crippen LogP contribution >= 0.6 is 15.9 Å². The summed E-state index contributed by atoms with van der Waals surface area (Å²) in [4.78, 5) is 13.9. The number of nitrogens with zero attached hydrogens (tertiary/aromatic N) is 3. The highest BCUT2D eigenvalue weighted by molar-refractivity contribution is 9.10. The fourth-order valence-electron chi connectivity index (χ4n) is 3.01. The van der Waals surface area contributed by atoms with Crippen molar-refractivity contribution in [1.29, 1.82) is 0 Å². The highest BCUT2D eigenvalue weighted by Crippen LogP contribution is 2.37. The Kier molecular flexibility index (Phi) is 5.72. The van der Waals surface area contributed by atoms with Gasteiger partial charge >= 0.3 is 6.09 Å². The molecule has 0 bridgehead atoms. The molecule has 5 N–H and O–H groups in total. The Labute approximate surface area is 161 Å². The number of ether oxygens (including phenoxy) is 1. The maximum Gasteiger partial charge on any atom is 0.410 e. The van der Waals surface area contributed by atoms with E-state index in [0.29, 0.717) is 35.2 Å². The summed E-state index contributed by atoms with van der Waals surface area (Å²) in [6.45, 7) is 9.74. The van der Waals surface area contributed by atoms with Gasteiger partial charge < -0.3 is 26.2 Å². The number of nitrogens with two attached hydrogens (primary N) is 2. The summed E-state index contributed by atoms with van der Waals surface area (Å²) in [7, 11) is 0. The number of carbonyl (C=O) groups excluding carboxylic acids is 1. The second-order valence-corrected chi connectivity index (χ2v) is 8.22. The van der Waals surface area contributed by atoms with Crippen LogP contribution in [0.4, 0.5) is 4.79 Å². The first-order chi connectivity index (χ1) is 12.0. The maximum atomic E-state index is 12.4. The molecule has 0 saturated carbocycles. The van der Waals surface area contributed by atoms with Crippen LogP contribution in [0.15, 0.2) is 22.2 Å². The van der Waals surface area contributed by atoms with Crippen molar-refractivity contribution in [3.8, 4) is 0 Å². The average Bonchev–Trinajstić information content (AvgIpc) is 2.83. The van der Waals surface area contributed by atoms with Crippen LogP contribution in [-0.2, 0) is 10.3 Å². The van der Waals surface area contributed by atoms with E-state index in [1.165, 1.54) is 9.58 Å². The summed E-state index contributed by atoms with van der Waals surface area (Å²) in [6.07, 6.45) is 1.72. The molecule has 2 rings (SSSR count). The molecule has 1 atom stereocenters. The number of β-amino-alcohol motifs (C(OH)–C–C–N with tert-alkyl or cyclic N) is 1. The predicted octanol–water partition coefficient (Wildman–Crippen LogP) is 2.15. The zero-order valence-electron chi connectivity index (χ0n) is 15.3. The lowest BCUT2D eigenvalue weighted by molar-refractivity contribution is -0.0504. The van der Waals surface area contributed by atoms with Crippen LogP contribution in [0.5, 0.6) is 0 Å². The van der Waals surface area contributed by atoms with Crippen molar-refractivity contribution >= 4 is 34.1 Å². The van der Waals surface area contributed by atoms with E-state index in [1.54, 1.807) is 26.8 Å². The molecule has 1 saturated heterocycles. The zero-order chi connectivity index (χ0) is 19.7. The summed E-state index contributed by atoms with van der Waals surface area (Å²) < 4.78 is 7.51. The van der Waals surface area contributed by atoms with Crippen molar-refractivity contribution in [3.05, 3.63) is 28.5 Å². The van der Waals surface area contributed by atoms with E-state index in [1.807, 2.05) is 0 Å². The van der Waals surface area contributed by atoms with Gasteiger partial charge in [-0.15, -0.1) is 0 Å². The van der Waals surface area contributed by atoms with Gasteiger partial charge in [0.05, 0.1) is 17.9 Å². The Balaban J connectivity index is 2.39. The predicted molar refractivity (Wildman–Crippen MR) is 104 cm³/mol. The average molecular weight is 428 g/mol. The van der Waals surface area contributed by atoms with Gasteiger partial charge in [-0.25, -0.2) is 9.47 Å². The second-order valence-electron chi connectivity index (χ2n) is 7.36. The molecule has 1 aromatic heterocycles. The van der Waals surface area contributed by atoms with Gasteiger partial charge in [-0.2, -0.15) is 5.10 Å². The third-order valence-corrected chi connectivity index (χ3v) is 4.62. The maximum absolute atomic E-state index is 12.4. The SMILES string of the molecule is C=C(N)c1c(Br)cc(C2(O)CCCN(C(=O)OC(C)(C)C)C2)n1/N=C\N. The summed E-state index contributed by atoms with van der Waals surface area (Å²) in [5.41, 5.74) is 10.6. The zero-order valence-corrected chi connectivity index (χ0v) is 16.9. The Bertz CT molecular complexity index is 737. The van der Waals surface area contributed by atoms with Crippen LogP contribution in [0.2, 0.25) is 0 Å². The quantitative estimate of drug-likeness (QED) is 0.504. The topological polar surface area (TPSA) is 119 Å². The largest absolute Gasteiger partial charge is 0.444 e. The van der Waals surface area contributed by atoms with Gasteiger partial charge in [-0.1, -0.05) is 6.58 Å². The number of aliphatic hydroxyl groups is 1. The van der Waals surface area contributed by atoms with Crippen LogP contribution in [0.1, 0.15) is 45.0 Å². The number of amides is 1. The molecule has 1 amide bonds. The van der Waals surface area contributed by atoms with Crippen LogP contribution < -0.4 is 11.5 Å². The molecule has 144 valence electrons. The van der Waals surface area contributed by atoms with Crippen molar-refractivity contribution < 1.29 is 14.6 Å². The van der Waals surface area contributed by atoms with Crippen molar-refractivity contribution in [1.82, 2.24) is 9.58 Å². The Morgan fingerprint density at radius 2 is 2.19 bits per heavy atom. The van der Waals surface area contributed by atoms with Crippen LogP contribution in [-0.4, -0.2) is 45.8 Å². The van der Waals surface area contributed by atoms with E-state index >= 15 is 0 Å². The standard InChI is InChI=1S/C17H26BrN5O3/c1-11(20)14-12(18)8-13(23(14)21-10-19)17(25)6-5-7-22(9-17)15(24)26-16(2,3)4/h8,10,25H,1,5-7,9,20H2,2-4H3,(H2,19,21). The molecular formula is C17H26BrN5O3. The summed E-state index contributed by atoms with van der Waals surface area (Å²) in [5, 5.41) is 15.4. The lowest BCUT2D eigenvalue weighted by Gasteiger charge is -2.39. The van der Waals surface area contributed by atoms with E-state index in [0.717, 1.165) is 6.34 Å². The molecule has 26 heavy (non-hydrogen) atoms. The van der Waals surface area contributed by atoms with Gasteiger partial charge in [-0.05, 0) is 55.6 Å². The molecule has 0 radical (unpaired) electrons. The number of likely N-dealkylation sites (tertiary alicyclic amines) is 1. The van der Waals surface area contributed by atoms with Crippen molar-refractivity contribution in [2.24, 2.45) is 16.6 Å². The van der Waals surface area contributed by atoms with Gasteiger partial charge in [0.15, 0.2) is 0 Å². The molecule has 1 aliphatic heterocycles. The van der Waals surface area contributed by atoms with Crippen LogP contribution in [0, 0.1) is 0 Å². The minimum absolute atomic E-state index is 0.0783. The molecule has 9 heteroatoms. The molecule has 2 heterocycles. The first-order valence-corrected chi connectivity index (χ1v) is 9.09. The highest BCUT2D eigenvalue weighted by atomic mass is 79.9. The van der Waals surface area contributed by atoms with Crippen LogP contribution in [0.3, 0.4) is 0 Å². The van der Waals surface area contributed by atoms with E-state index < -0.39 is 17.3 Å². The number of aromatic nitrogens is 1. The Morgan fingerprint density at radius 1 is 1.54 bits per heavy atom. The van der Waals surface area contributed by atoms with Crippen molar-refractivity contribution in [3.63, 3.8) is 0 Å². The molecule has 1 aliphatic rings. The number of halogens is 1. The number of carbonyl (C=O) groups is 1. The minimum atomic E-state index is -1.32. The number of piperidine rings is 1. The van der Waals surface area contributed by atoms with Gasteiger partial charge in [0.1, 0.15) is 23.2 Å². The lowest BCUT2D eigenvalue weighted by atomic mass is 9.90. The number of rotatable bonds is 3. The van der Waals surface area contributed by atoms with E-state index in [4.69, 9.17) is 16.2 Å². The number of hydrogen-bond donors (Lipinski definition) is 3. The molecule has 0 spiro atoms. The normalized spacial score (nSPS) is 21.2. The molecule has 0 aliphatic carbocycles. The summed E-state index contributed by atoms with van der Waals surface area (Å²) in [5.74, 6) is 0. The van der Waals surface area contributed by atoms with E-state index in [9.17, 15) is 9.90 Å². The monoisotopic (exact) mass is 427 g/mol. The molecule has 0 aromatic carbocycles. The van der Waals surface area contributed by atoms with Crippen LogP contribution in [0.25, 0.3) is 5.70 Å². The fourth-order valence-corrected chi connectivity index (χ4v) is 3.65. The smallest absolute Gasteiger partial charge is 0.410 e. The van der Waals surface area contributed by atoms with Gasteiger partial charge in [-0.3, -0.25) is 0 Å². The van der Waals surface area contributed by atoms with E-state index in [2.05, 4.69) is 27.6 Å². The third-order valence-electron chi connectivity index (χ3n) is 4.02. The fraction of sp³-hybridized carbons (Fsp3) is 0.529. The van der Waals surface area contributed by atoms with Crippen molar-refractivity contribution in [2.45, 2.75) is 44.8 Å². The summed E-state index contributed by atoms with van der Waals surface area (Å²) in [6, 6.07) is 1.72. The van der Waals surface area contributed by atoms with Crippen molar-refractivity contribution in [2.75, 3.05) is 13.1 Å². The van der Waals surface area contributed by atoms with Gasteiger partial charge in [0, 0.05) is 11.0 Å². The molecule has 8 nitrogen and oxygen atoms in total. The first kappa shape index (κ1) is 20.3. The second kappa shape index (κ2) is 7.32. The Hall–Kier alpha value is -2.00. The Morgan fingerprint density at radius 3 is 2.73 bits per heavy atom. The minimum Gasteiger partial charge on any atom is -0.444 e. The van der Waals surface area contributed by atoms with E-state index in [-0.39, 0.29) is 12.2 Å². The highest BCUT2D eigenvalue weighted by Gasteiger charge is 2.41. The third kappa shape index (κ3) is 4.21. The number of hydrogen-bond acceptors (Lipinski definition) is 5. The molecular weight excluding hydrogens is 402 g/mol. The first-order valence-electron chi connectivity index (χ1n) is 8.30. The molecule has 1 aromatic rings. The molecule has 1 unspecified atom stereocenters. The summed E-state index contributed by atoms with van der Waals surface area (Å²) >= 11 is 3.42. The lowest BCUT2D eigenvalue weighted by Crippen LogP contribution is -2.50.